The number of benzene rings is 1. The standard InChI is InChI=1S/C33H52N4O4S.ClH/c1-33(2,3)41-32(40)37-19-11-10-16-29(37)31(39)35-28(24-42-23-26-14-8-5-9-15-26)30(38)34-27-17-20-36(21-18-27)22-25-12-6-4-7-13-25;/h4,6-7,12-13,26-29H,5,8-11,14-24H2,1-3H3,(H,34,38)(H,35,39);1H/t28-,29-;/m0./s1. The molecule has 4 rings (SSSR count). The average molecular weight is 637 g/mol. The third-order valence-corrected chi connectivity index (χ3v) is 9.89. The number of carbonyl (C=O) groups excluding carboxylic acids is 3. The van der Waals surface area contributed by atoms with Crippen molar-refractivity contribution in [1.82, 2.24) is 20.4 Å². The summed E-state index contributed by atoms with van der Waals surface area (Å²) in [6.45, 7) is 8.77. The molecule has 2 heterocycles. The second kappa shape index (κ2) is 17.5. The number of nitrogens with one attached hydrogen (secondary N) is 2. The van der Waals surface area contributed by atoms with Crippen LogP contribution in [0.25, 0.3) is 0 Å². The lowest BCUT2D eigenvalue weighted by Gasteiger charge is -2.36. The van der Waals surface area contributed by atoms with Crippen molar-refractivity contribution in [3.8, 4) is 0 Å². The molecule has 2 N–H and O–H groups in total. The Kier molecular flexibility index (Phi) is 14.5. The summed E-state index contributed by atoms with van der Waals surface area (Å²) in [5.74, 6) is 1.89. The maximum Gasteiger partial charge on any atom is 0.410 e. The average Bonchev–Trinajstić information content (AvgIpc) is 2.98. The van der Waals surface area contributed by atoms with Gasteiger partial charge in [-0.25, -0.2) is 4.79 Å². The summed E-state index contributed by atoms with van der Waals surface area (Å²) in [6.07, 6.45) is 10.0. The number of amides is 3. The minimum atomic E-state index is -0.635. The van der Waals surface area contributed by atoms with Crippen LogP contribution in [0.2, 0.25) is 0 Å². The molecule has 8 nitrogen and oxygen atoms in total. The molecule has 1 aromatic rings. The van der Waals surface area contributed by atoms with Gasteiger partial charge >= 0.3 is 6.09 Å². The number of likely N-dealkylation sites (tertiary alicyclic amines) is 2. The lowest BCUT2D eigenvalue weighted by molar-refractivity contribution is -0.132. The first-order chi connectivity index (χ1) is 20.2. The Morgan fingerprint density at radius 3 is 2.28 bits per heavy atom. The molecular formula is C33H53ClN4O4S. The maximum atomic E-state index is 13.6. The smallest absolute Gasteiger partial charge is 0.410 e. The van der Waals surface area contributed by atoms with Crippen molar-refractivity contribution in [2.45, 2.75) is 115 Å². The van der Waals surface area contributed by atoms with Crippen LogP contribution in [0, 0.1) is 5.92 Å². The number of carbonyl (C=O) groups is 3. The van der Waals surface area contributed by atoms with Gasteiger partial charge < -0.3 is 15.4 Å². The fourth-order valence-electron chi connectivity index (χ4n) is 6.28. The first-order valence-corrected chi connectivity index (χ1v) is 17.3. The normalized spacial score (nSPS) is 21.4. The fourth-order valence-corrected chi connectivity index (χ4v) is 7.55. The Hall–Kier alpha value is -1.97. The van der Waals surface area contributed by atoms with E-state index in [1.807, 2.05) is 26.8 Å². The Labute approximate surface area is 269 Å². The van der Waals surface area contributed by atoms with Crippen molar-refractivity contribution in [2.24, 2.45) is 5.92 Å². The van der Waals surface area contributed by atoms with Crippen LogP contribution in [0.15, 0.2) is 30.3 Å². The fraction of sp³-hybridized carbons (Fsp3) is 0.727. The Balaban J connectivity index is 0.00000506. The quantitative estimate of drug-likeness (QED) is 0.339. The van der Waals surface area contributed by atoms with E-state index in [4.69, 9.17) is 4.74 Å². The second-order valence-corrected chi connectivity index (χ2v) is 14.4. The number of nitrogens with zero attached hydrogens (tertiary/aromatic N) is 2. The highest BCUT2D eigenvalue weighted by molar-refractivity contribution is 7.99. The number of hydrogen-bond acceptors (Lipinski definition) is 6. The molecule has 2 aliphatic heterocycles. The molecule has 0 aromatic heterocycles. The summed E-state index contributed by atoms with van der Waals surface area (Å²) in [6, 6.07) is 9.35. The van der Waals surface area contributed by atoms with Gasteiger partial charge in [0.2, 0.25) is 11.8 Å². The van der Waals surface area contributed by atoms with Crippen LogP contribution in [0.3, 0.4) is 0 Å². The number of ether oxygens (including phenoxy) is 1. The summed E-state index contributed by atoms with van der Waals surface area (Å²) < 4.78 is 5.61. The van der Waals surface area contributed by atoms with Crippen molar-refractivity contribution in [3.05, 3.63) is 35.9 Å². The third kappa shape index (κ3) is 11.8. The van der Waals surface area contributed by atoms with E-state index in [1.165, 1.54) is 37.7 Å². The van der Waals surface area contributed by atoms with E-state index in [0.717, 1.165) is 51.1 Å². The molecule has 0 unspecified atom stereocenters. The molecule has 1 saturated carbocycles. The summed E-state index contributed by atoms with van der Waals surface area (Å²) in [4.78, 5) is 44.2. The number of halogens is 1. The predicted octanol–water partition coefficient (Wildman–Crippen LogP) is 5.78. The van der Waals surface area contributed by atoms with Crippen LogP contribution in [0.4, 0.5) is 4.79 Å². The number of thioether (sulfide) groups is 1. The van der Waals surface area contributed by atoms with Gasteiger partial charge in [0.25, 0.3) is 0 Å². The zero-order valence-corrected chi connectivity index (χ0v) is 28.0. The molecule has 2 saturated heterocycles. The monoisotopic (exact) mass is 636 g/mol. The molecule has 43 heavy (non-hydrogen) atoms. The van der Waals surface area contributed by atoms with Crippen LogP contribution in [0.5, 0.6) is 0 Å². The Bertz CT molecular complexity index is 1010. The molecule has 10 heteroatoms. The van der Waals surface area contributed by atoms with E-state index < -0.39 is 23.8 Å². The van der Waals surface area contributed by atoms with E-state index in [9.17, 15) is 14.4 Å². The largest absolute Gasteiger partial charge is 0.444 e. The highest BCUT2D eigenvalue weighted by Gasteiger charge is 2.37. The molecule has 3 amide bonds. The Morgan fingerprint density at radius 2 is 1.60 bits per heavy atom. The minimum absolute atomic E-state index is 0. The molecule has 3 fully saturated rings. The van der Waals surface area contributed by atoms with Gasteiger partial charge in [-0.3, -0.25) is 19.4 Å². The topological polar surface area (TPSA) is 91.0 Å². The van der Waals surface area contributed by atoms with Gasteiger partial charge in [0.1, 0.15) is 17.7 Å². The lowest BCUT2D eigenvalue weighted by Crippen LogP contribution is -2.58. The molecule has 2 atom stereocenters. The van der Waals surface area contributed by atoms with E-state index in [2.05, 4.69) is 39.8 Å². The summed E-state index contributed by atoms with van der Waals surface area (Å²) in [5.41, 5.74) is 0.672. The first kappa shape index (κ1) is 35.5. The molecule has 1 aliphatic carbocycles. The van der Waals surface area contributed by atoms with E-state index >= 15 is 0 Å². The van der Waals surface area contributed by atoms with Gasteiger partial charge in [-0.1, -0.05) is 49.6 Å². The van der Waals surface area contributed by atoms with Gasteiger partial charge in [-0.05, 0) is 83.0 Å². The van der Waals surface area contributed by atoms with Crippen LogP contribution >= 0.6 is 24.2 Å². The predicted molar refractivity (Wildman–Crippen MR) is 177 cm³/mol. The SMILES string of the molecule is CC(C)(C)OC(=O)N1CCCC[C@H]1C(=O)N[C@@H](CSCC1CCCCC1)C(=O)NC1CCN(Cc2ccccc2)CC1.Cl. The van der Waals surface area contributed by atoms with Crippen molar-refractivity contribution < 1.29 is 19.1 Å². The number of hydrogen-bond donors (Lipinski definition) is 2. The van der Waals surface area contributed by atoms with Crippen LogP contribution in [0.1, 0.15) is 90.5 Å². The van der Waals surface area contributed by atoms with Crippen molar-refractivity contribution >= 4 is 42.1 Å². The van der Waals surface area contributed by atoms with Crippen molar-refractivity contribution in [3.63, 3.8) is 0 Å². The van der Waals surface area contributed by atoms with Gasteiger partial charge in [-0.2, -0.15) is 11.8 Å². The van der Waals surface area contributed by atoms with Crippen LogP contribution < -0.4 is 10.6 Å². The van der Waals surface area contributed by atoms with Crippen molar-refractivity contribution in [2.75, 3.05) is 31.1 Å². The highest BCUT2D eigenvalue weighted by atomic mass is 35.5. The molecule has 0 bridgehead atoms. The highest BCUT2D eigenvalue weighted by Crippen LogP contribution is 2.27. The molecular weight excluding hydrogens is 584 g/mol. The third-order valence-electron chi connectivity index (χ3n) is 8.61. The zero-order chi connectivity index (χ0) is 30.0. The number of piperidine rings is 2. The molecule has 0 radical (unpaired) electrons. The summed E-state index contributed by atoms with van der Waals surface area (Å²) in [7, 11) is 0. The molecule has 1 aromatic carbocycles. The number of rotatable bonds is 10. The molecule has 0 spiro atoms. The van der Waals surface area contributed by atoms with E-state index in [0.29, 0.717) is 24.6 Å². The van der Waals surface area contributed by atoms with Gasteiger partial charge in [0.15, 0.2) is 0 Å². The van der Waals surface area contributed by atoms with Gasteiger partial charge in [0.05, 0.1) is 0 Å². The molecule has 3 aliphatic rings. The van der Waals surface area contributed by atoms with Gasteiger partial charge in [-0.15, -0.1) is 12.4 Å². The molecule has 242 valence electrons. The summed E-state index contributed by atoms with van der Waals surface area (Å²) >= 11 is 1.77. The minimum Gasteiger partial charge on any atom is -0.444 e. The van der Waals surface area contributed by atoms with E-state index in [-0.39, 0.29) is 30.3 Å². The maximum absolute atomic E-state index is 13.6. The first-order valence-electron chi connectivity index (χ1n) is 16.1. The zero-order valence-electron chi connectivity index (χ0n) is 26.4. The Morgan fingerprint density at radius 1 is 0.930 bits per heavy atom. The lowest BCUT2D eigenvalue weighted by atomic mass is 9.91. The van der Waals surface area contributed by atoms with E-state index in [1.54, 1.807) is 16.7 Å². The second-order valence-electron chi connectivity index (χ2n) is 13.3. The van der Waals surface area contributed by atoms with Crippen molar-refractivity contribution in [1.29, 1.82) is 0 Å². The summed E-state index contributed by atoms with van der Waals surface area (Å²) in [5, 5.41) is 6.34. The van der Waals surface area contributed by atoms with Crippen LogP contribution in [-0.2, 0) is 20.9 Å². The van der Waals surface area contributed by atoms with Crippen LogP contribution in [-0.4, -0.2) is 82.6 Å². The van der Waals surface area contributed by atoms with Gasteiger partial charge in [0, 0.05) is 38.0 Å².